The van der Waals surface area contributed by atoms with Crippen molar-refractivity contribution in [3.63, 3.8) is 0 Å². The monoisotopic (exact) mass is 439 g/mol. The summed E-state index contributed by atoms with van der Waals surface area (Å²) in [4.78, 5) is 17.3. The Bertz CT molecular complexity index is 1350. The summed E-state index contributed by atoms with van der Waals surface area (Å²) in [6.07, 6.45) is 4.94. The Hall–Kier alpha value is -3.90. The van der Waals surface area contributed by atoms with Gasteiger partial charge in [-0.15, -0.1) is 0 Å². The number of ether oxygens (including phenoxy) is 1. The Morgan fingerprint density at radius 3 is 2.79 bits per heavy atom. The Morgan fingerprint density at radius 1 is 1.09 bits per heavy atom. The second kappa shape index (κ2) is 8.92. The Kier molecular flexibility index (Phi) is 5.67. The highest BCUT2D eigenvalue weighted by Gasteiger charge is 2.15. The maximum absolute atomic E-state index is 13.0. The Labute approximate surface area is 192 Å². The number of nitrogens with zero attached hydrogens (tertiary/aromatic N) is 2. The molecule has 4 aromatic rings. The van der Waals surface area contributed by atoms with Crippen molar-refractivity contribution in [2.75, 3.05) is 11.9 Å². The van der Waals surface area contributed by atoms with Crippen LogP contribution >= 0.6 is 0 Å². The lowest BCUT2D eigenvalue weighted by Gasteiger charge is -2.16. The maximum Gasteiger partial charge on any atom is 0.274 e. The summed E-state index contributed by atoms with van der Waals surface area (Å²) in [6, 6.07) is 19.5. The van der Waals surface area contributed by atoms with Crippen molar-refractivity contribution in [3.8, 4) is 16.9 Å². The molecule has 6 heteroatoms. The fourth-order valence-corrected chi connectivity index (χ4v) is 4.02. The van der Waals surface area contributed by atoms with Crippen LogP contribution in [0.15, 0.2) is 84.0 Å². The smallest absolute Gasteiger partial charge is 0.274 e. The molecule has 1 aliphatic heterocycles. The van der Waals surface area contributed by atoms with E-state index >= 15 is 0 Å². The van der Waals surface area contributed by atoms with Crippen LogP contribution in [0.25, 0.3) is 11.1 Å². The molecule has 0 radical (unpaired) electrons. The SMILES string of the molecule is Cc1ccc(Cn2cccc(NC(O)c3cncc(-c4ccc5c(c4)CCO5)c3)c2=O)cc1. The third-order valence-corrected chi connectivity index (χ3v) is 5.88. The number of pyridine rings is 2. The van der Waals surface area contributed by atoms with Gasteiger partial charge in [0.25, 0.3) is 5.56 Å². The van der Waals surface area contributed by atoms with E-state index in [9.17, 15) is 9.90 Å². The van der Waals surface area contributed by atoms with E-state index in [4.69, 9.17) is 4.74 Å². The first-order valence-electron chi connectivity index (χ1n) is 11.0. The molecule has 0 saturated heterocycles. The molecular formula is C27H25N3O3. The fraction of sp³-hybridized carbons (Fsp3) is 0.185. The average molecular weight is 440 g/mol. The van der Waals surface area contributed by atoms with E-state index in [1.54, 1.807) is 35.3 Å². The number of hydrogen-bond donors (Lipinski definition) is 2. The van der Waals surface area contributed by atoms with Gasteiger partial charge in [-0.2, -0.15) is 0 Å². The van der Waals surface area contributed by atoms with Gasteiger partial charge in [-0.3, -0.25) is 9.78 Å². The first-order chi connectivity index (χ1) is 16.1. The number of rotatable bonds is 6. The van der Waals surface area contributed by atoms with Gasteiger partial charge in [0.05, 0.1) is 13.2 Å². The van der Waals surface area contributed by atoms with Crippen molar-refractivity contribution >= 4 is 5.69 Å². The molecule has 5 rings (SSSR count). The molecule has 1 aliphatic rings. The second-order valence-corrected chi connectivity index (χ2v) is 8.32. The maximum atomic E-state index is 13.0. The highest BCUT2D eigenvalue weighted by Crippen LogP contribution is 2.31. The molecule has 0 bridgehead atoms. The van der Waals surface area contributed by atoms with Crippen LogP contribution in [0.4, 0.5) is 5.69 Å². The van der Waals surface area contributed by atoms with E-state index in [-0.39, 0.29) is 5.56 Å². The van der Waals surface area contributed by atoms with Gasteiger partial charge in [0, 0.05) is 36.1 Å². The molecule has 2 aromatic carbocycles. The highest BCUT2D eigenvalue weighted by molar-refractivity contribution is 5.66. The molecule has 0 amide bonds. The molecule has 2 aromatic heterocycles. The van der Waals surface area contributed by atoms with Crippen molar-refractivity contribution in [1.82, 2.24) is 9.55 Å². The van der Waals surface area contributed by atoms with Gasteiger partial charge in [-0.1, -0.05) is 35.9 Å². The predicted molar refractivity (Wildman–Crippen MR) is 128 cm³/mol. The van der Waals surface area contributed by atoms with Crippen LogP contribution in [0, 0.1) is 6.92 Å². The molecule has 6 nitrogen and oxygen atoms in total. The van der Waals surface area contributed by atoms with Gasteiger partial charge >= 0.3 is 0 Å². The number of aliphatic hydroxyl groups excluding tert-OH is 1. The van der Waals surface area contributed by atoms with Gasteiger partial charge in [0.2, 0.25) is 0 Å². The Balaban J connectivity index is 1.36. The summed E-state index contributed by atoms with van der Waals surface area (Å²) in [7, 11) is 0. The lowest BCUT2D eigenvalue weighted by molar-refractivity contribution is 0.207. The molecule has 1 atom stereocenters. The summed E-state index contributed by atoms with van der Waals surface area (Å²) in [5.74, 6) is 0.926. The average Bonchev–Trinajstić information content (AvgIpc) is 3.31. The van der Waals surface area contributed by atoms with Crippen LogP contribution in [0.3, 0.4) is 0 Å². The zero-order valence-electron chi connectivity index (χ0n) is 18.4. The molecule has 0 aliphatic carbocycles. The highest BCUT2D eigenvalue weighted by atomic mass is 16.5. The zero-order chi connectivity index (χ0) is 22.8. The van der Waals surface area contributed by atoms with E-state index in [2.05, 4.69) is 16.4 Å². The number of benzene rings is 2. The van der Waals surface area contributed by atoms with Gasteiger partial charge in [0.15, 0.2) is 6.23 Å². The quantitative estimate of drug-likeness (QED) is 0.438. The summed E-state index contributed by atoms with van der Waals surface area (Å²) in [5, 5.41) is 13.8. The largest absolute Gasteiger partial charge is 0.493 e. The van der Waals surface area contributed by atoms with Gasteiger partial charge < -0.3 is 19.7 Å². The molecule has 0 spiro atoms. The van der Waals surface area contributed by atoms with Gasteiger partial charge in [0.1, 0.15) is 11.4 Å². The second-order valence-electron chi connectivity index (χ2n) is 8.32. The van der Waals surface area contributed by atoms with Crippen LogP contribution in [0.2, 0.25) is 0 Å². The number of nitrogens with one attached hydrogen (secondary N) is 1. The van der Waals surface area contributed by atoms with Gasteiger partial charge in [-0.05, 0) is 53.9 Å². The zero-order valence-corrected chi connectivity index (χ0v) is 18.4. The minimum Gasteiger partial charge on any atom is -0.493 e. The van der Waals surface area contributed by atoms with Crippen molar-refractivity contribution in [3.05, 3.63) is 112 Å². The molecular weight excluding hydrogens is 414 g/mol. The van der Waals surface area contributed by atoms with E-state index in [1.807, 2.05) is 49.4 Å². The van der Waals surface area contributed by atoms with Crippen molar-refractivity contribution < 1.29 is 9.84 Å². The fourth-order valence-electron chi connectivity index (χ4n) is 4.02. The Morgan fingerprint density at radius 2 is 1.94 bits per heavy atom. The summed E-state index contributed by atoms with van der Waals surface area (Å²) >= 11 is 0. The minimum absolute atomic E-state index is 0.195. The number of aliphatic hydroxyl groups is 1. The molecule has 0 fully saturated rings. The minimum atomic E-state index is -1.07. The molecule has 166 valence electrons. The van der Waals surface area contributed by atoms with Crippen LogP contribution in [-0.4, -0.2) is 21.3 Å². The molecule has 33 heavy (non-hydrogen) atoms. The number of anilines is 1. The number of aromatic nitrogens is 2. The lowest BCUT2D eigenvalue weighted by atomic mass is 10.0. The van der Waals surface area contributed by atoms with E-state index in [0.29, 0.717) is 24.4 Å². The van der Waals surface area contributed by atoms with Crippen LogP contribution < -0.4 is 15.6 Å². The third-order valence-electron chi connectivity index (χ3n) is 5.88. The molecule has 1 unspecified atom stereocenters. The first kappa shape index (κ1) is 21.0. The van der Waals surface area contributed by atoms with Gasteiger partial charge in [-0.25, -0.2) is 0 Å². The first-order valence-corrected chi connectivity index (χ1v) is 11.0. The van der Waals surface area contributed by atoms with E-state index < -0.39 is 6.23 Å². The lowest BCUT2D eigenvalue weighted by Crippen LogP contribution is -2.25. The van der Waals surface area contributed by atoms with E-state index in [1.165, 1.54) is 11.1 Å². The number of fused-ring (bicyclic) bond motifs is 1. The molecule has 2 N–H and O–H groups in total. The topological polar surface area (TPSA) is 76.4 Å². The molecule has 3 heterocycles. The van der Waals surface area contributed by atoms with E-state index in [0.717, 1.165) is 28.9 Å². The predicted octanol–water partition coefficient (Wildman–Crippen LogP) is 4.30. The summed E-state index contributed by atoms with van der Waals surface area (Å²) in [6.45, 7) is 3.20. The third kappa shape index (κ3) is 4.52. The normalized spacial score (nSPS) is 13.3. The van der Waals surface area contributed by atoms with Crippen LogP contribution in [-0.2, 0) is 13.0 Å². The van der Waals surface area contributed by atoms with Crippen molar-refractivity contribution in [2.45, 2.75) is 26.1 Å². The summed E-state index contributed by atoms with van der Waals surface area (Å²) < 4.78 is 7.21. The molecule has 0 saturated carbocycles. The number of hydrogen-bond acceptors (Lipinski definition) is 5. The standard InChI is InChI=1S/C27H25N3O3/c1-18-4-6-19(7-5-18)17-30-11-2-3-24(27(30)32)29-26(31)23-14-22(15-28-16-23)20-8-9-25-21(13-20)10-12-33-25/h2-9,11,13-16,26,29,31H,10,12,17H2,1H3. The van der Waals surface area contributed by atoms with Crippen molar-refractivity contribution in [2.24, 2.45) is 0 Å². The van der Waals surface area contributed by atoms with Crippen LogP contribution in [0.5, 0.6) is 5.75 Å². The van der Waals surface area contributed by atoms with Crippen LogP contribution in [0.1, 0.15) is 28.5 Å². The van der Waals surface area contributed by atoms with Crippen molar-refractivity contribution in [1.29, 1.82) is 0 Å². The summed E-state index contributed by atoms with van der Waals surface area (Å²) in [5.41, 5.74) is 6.02. The number of aryl methyl sites for hydroxylation is 1.